The molecule has 0 bridgehead atoms. The maximum atomic E-state index is 14.4. The van der Waals surface area contributed by atoms with Gasteiger partial charge in [0, 0.05) is 67.7 Å². The molecule has 7 rings (SSSR count). The molecule has 3 aromatic carbocycles. The maximum absolute atomic E-state index is 14.4. The highest BCUT2D eigenvalue weighted by Gasteiger charge is 2.34. The van der Waals surface area contributed by atoms with Crippen LogP contribution in [0.25, 0.3) is 38.6 Å². The number of benzene rings is 3. The van der Waals surface area contributed by atoms with E-state index in [1.54, 1.807) is 18.3 Å². The van der Waals surface area contributed by atoms with E-state index in [1.165, 1.54) is 16.7 Å². The third kappa shape index (κ3) is 4.78. The fraction of sp³-hybridized carbons (Fsp3) is 0.242. The quantitative estimate of drug-likeness (QED) is 0.254. The van der Waals surface area contributed by atoms with Crippen LogP contribution in [0.1, 0.15) is 22.3 Å². The molecule has 0 unspecified atom stereocenters. The van der Waals surface area contributed by atoms with Crippen LogP contribution in [0, 0.1) is 0 Å². The molecule has 0 N–H and O–H groups in total. The smallest absolute Gasteiger partial charge is 0.304 e. The number of piperazine rings is 1. The summed E-state index contributed by atoms with van der Waals surface area (Å²) >= 11 is 0. The minimum absolute atomic E-state index is 0.173. The van der Waals surface area contributed by atoms with E-state index in [0.29, 0.717) is 41.4 Å². The highest BCUT2D eigenvalue weighted by Crippen LogP contribution is 2.36. The lowest BCUT2D eigenvalue weighted by molar-refractivity contribution is -0.138. The molecule has 0 saturated carbocycles. The monoisotopic (exact) mass is 567 g/mol. The topological polar surface area (TPSA) is 53.7 Å². The van der Waals surface area contributed by atoms with Gasteiger partial charge in [-0.3, -0.25) is 24.2 Å². The molecule has 2 aliphatic heterocycles. The highest BCUT2D eigenvalue weighted by atomic mass is 19.4. The van der Waals surface area contributed by atoms with Crippen LogP contribution in [0.4, 0.5) is 13.2 Å². The lowest BCUT2D eigenvalue weighted by atomic mass is 9.98. The van der Waals surface area contributed by atoms with Crippen molar-refractivity contribution in [3.63, 3.8) is 0 Å². The molecule has 5 aromatic rings. The summed E-state index contributed by atoms with van der Waals surface area (Å²) in [5, 5.41) is 1.35. The molecule has 0 aliphatic carbocycles. The average Bonchev–Trinajstić information content (AvgIpc) is 3.46. The van der Waals surface area contributed by atoms with Gasteiger partial charge in [-0.05, 0) is 71.3 Å². The number of fused-ring (bicyclic) bond motifs is 4. The predicted octanol–water partition coefficient (Wildman–Crippen LogP) is 5.90. The van der Waals surface area contributed by atoms with E-state index in [0.717, 1.165) is 41.4 Å². The van der Waals surface area contributed by atoms with E-state index in [9.17, 15) is 18.0 Å². The molecule has 0 radical (unpaired) electrons. The molecule has 4 heterocycles. The Kier molecular flexibility index (Phi) is 6.44. The first kappa shape index (κ1) is 26.6. The van der Waals surface area contributed by atoms with Crippen molar-refractivity contribution in [2.75, 3.05) is 33.2 Å². The first-order chi connectivity index (χ1) is 20.2. The van der Waals surface area contributed by atoms with Crippen LogP contribution in [0.2, 0.25) is 0 Å². The van der Waals surface area contributed by atoms with Crippen molar-refractivity contribution in [3.8, 4) is 16.8 Å². The number of rotatable bonds is 4. The van der Waals surface area contributed by atoms with E-state index in [2.05, 4.69) is 27.0 Å². The van der Waals surface area contributed by atoms with E-state index >= 15 is 0 Å². The van der Waals surface area contributed by atoms with E-state index in [1.807, 2.05) is 42.4 Å². The molecule has 1 saturated heterocycles. The molecule has 9 heteroatoms. The van der Waals surface area contributed by atoms with Crippen LogP contribution in [0.5, 0.6) is 0 Å². The Labute approximate surface area is 240 Å². The first-order valence-electron chi connectivity index (χ1n) is 13.9. The number of alkyl halides is 3. The van der Waals surface area contributed by atoms with Crippen molar-refractivity contribution in [1.82, 2.24) is 19.4 Å². The Morgan fingerprint density at radius 1 is 0.881 bits per heavy atom. The summed E-state index contributed by atoms with van der Waals surface area (Å²) in [6.45, 7) is 3.91. The van der Waals surface area contributed by atoms with Gasteiger partial charge in [-0.2, -0.15) is 13.2 Å². The summed E-state index contributed by atoms with van der Waals surface area (Å²) in [6, 6.07) is 19.3. The number of halogens is 3. The van der Waals surface area contributed by atoms with Crippen molar-refractivity contribution in [1.29, 1.82) is 0 Å². The lowest BCUT2D eigenvalue weighted by Gasteiger charge is -2.33. The van der Waals surface area contributed by atoms with E-state index in [-0.39, 0.29) is 17.8 Å². The second-order valence-electron chi connectivity index (χ2n) is 11.1. The van der Waals surface area contributed by atoms with Crippen molar-refractivity contribution < 1.29 is 13.2 Å². The predicted molar refractivity (Wildman–Crippen MR) is 159 cm³/mol. The molecule has 0 atom stereocenters. The molecule has 0 spiro atoms. The van der Waals surface area contributed by atoms with Crippen LogP contribution in [-0.4, -0.2) is 58.8 Å². The summed E-state index contributed by atoms with van der Waals surface area (Å²) in [4.78, 5) is 26.5. The largest absolute Gasteiger partial charge is 0.416 e. The highest BCUT2D eigenvalue weighted by molar-refractivity contribution is 6.05. The third-order valence-corrected chi connectivity index (χ3v) is 8.34. The molecular formula is C33H28F3N5O. The summed E-state index contributed by atoms with van der Waals surface area (Å²) in [6.07, 6.45) is -1.05. The minimum Gasteiger partial charge on any atom is -0.304 e. The van der Waals surface area contributed by atoms with Gasteiger partial charge in [0.05, 0.1) is 23.1 Å². The molecule has 1 fully saturated rings. The summed E-state index contributed by atoms with van der Waals surface area (Å²) in [5.41, 5.74) is 4.56. The number of aliphatic imine (C=N–C) groups is 1. The summed E-state index contributed by atoms with van der Waals surface area (Å²) in [5.74, 6) is 0. The molecular weight excluding hydrogens is 539 g/mol. The molecule has 6 nitrogen and oxygen atoms in total. The van der Waals surface area contributed by atoms with Gasteiger partial charge in [0.1, 0.15) is 0 Å². The van der Waals surface area contributed by atoms with Gasteiger partial charge in [-0.1, -0.05) is 24.3 Å². The van der Waals surface area contributed by atoms with Crippen LogP contribution in [-0.2, 0) is 19.3 Å². The zero-order valence-electron chi connectivity index (χ0n) is 23.0. The minimum atomic E-state index is -4.57. The Bertz CT molecular complexity index is 1940. The fourth-order valence-corrected chi connectivity index (χ4v) is 5.98. The first-order valence-corrected chi connectivity index (χ1v) is 13.9. The van der Waals surface area contributed by atoms with E-state index < -0.39 is 17.3 Å². The fourth-order valence-electron chi connectivity index (χ4n) is 5.98. The Morgan fingerprint density at radius 3 is 2.48 bits per heavy atom. The number of pyridine rings is 2. The normalized spacial score (nSPS) is 16.0. The number of aromatic nitrogens is 2. The summed E-state index contributed by atoms with van der Waals surface area (Å²) in [7, 11) is 2.01. The van der Waals surface area contributed by atoms with Crippen LogP contribution < -0.4 is 5.56 Å². The molecule has 42 heavy (non-hydrogen) atoms. The van der Waals surface area contributed by atoms with Gasteiger partial charge in [0.25, 0.3) is 5.56 Å². The Morgan fingerprint density at radius 2 is 1.67 bits per heavy atom. The third-order valence-electron chi connectivity index (χ3n) is 8.34. The van der Waals surface area contributed by atoms with Crippen molar-refractivity contribution in [3.05, 3.63) is 106 Å². The number of hydrogen-bond donors (Lipinski definition) is 0. The van der Waals surface area contributed by atoms with Gasteiger partial charge >= 0.3 is 6.18 Å². The summed E-state index contributed by atoms with van der Waals surface area (Å²) < 4.78 is 44.7. The van der Waals surface area contributed by atoms with Gasteiger partial charge in [-0.25, -0.2) is 0 Å². The Hall–Kier alpha value is -4.34. The van der Waals surface area contributed by atoms with Crippen LogP contribution in [0.15, 0.2) is 82.7 Å². The van der Waals surface area contributed by atoms with Gasteiger partial charge in [-0.15, -0.1) is 0 Å². The second kappa shape index (κ2) is 10.2. The van der Waals surface area contributed by atoms with Gasteiger partial charge in [0.2, 0.25) is 0 Å². The molecule has 2 aromatic heterocycles. The average molecular weight is 568 g/mol. The molecule has 0 amide bonds. The zero-order chi connectivity index (χ0) is 29.0. The maximum Gasteiger partial charge on any atom is 0.416 e. The SMILES string of the molecule is CN1CCN(Cc2ccc(-n3c(=O)ccc4cnc5ccc(-c6ccc7c(c6)C=NC7)cc5c43)cc2C(F)(F)F)CC1. The number of hydrogen-bond acceptors (Lipinski definition) is 5. The lowest BCUT2D eigenvalue weighted by Crippen LogP contribution is -2.44. The van der Waals surface area contributed by atoms with Crippen molar-refractivity contribution in [2.24, 2.45) is 4.99 Å². The number of nitrogens with zero attached hydrogens (tertiary/aromatic N) is 5. The van der Waals surface area contributed by atoms with Crippen LogP contribution in [0.3, 0.4) is 0 Å². The van der Waals surface area contributed by atoms with Crippen molar-refractivity contribution >= 4 is 28.0 Å². The van der Waals surface area contributed by atoms with Crippen molar-refractivity contribution in [2.45, 2.75) is 19.3 Å². The second-order valence-corrected chi connectivity index (χ2v) is 11.1. The van der Waals surface area contributed by atoms with Gasteiger partial charge in [0.15, 0.2) is 0 Å². The standard InChI is InChI=1S/C33H28F3N5O/c1-39-10-12-40(13-11-39)20-25-4-7-27(16-29(25)33(34,35)36)41-31(42)9-6-24-19-38-30-8-5-22(15-28(30)32(24)41)21-2-3-23-17-37-18-26(23)14-21/h2-9,14-16,18-19H,10-13,17,20H2,1H3. The molecule has 2 aliphatic rings. The molecule has 212 valence electrons. The Balaban J connectivity index is 1.38. The zero-order valence-corrected chi connectivity index (χ0v) is 23.0. The van der Waals surface area contributed by atoms with E-state index in [4.69, 9.17) is 0 Å². The number of likely N-dealkylation sites (N-methyl/N-ethyl adjacent to an activating group) is 1. The van der Waals surface area contributed by atoms with Gasteiger partial charge < -0.3 is 4.90 Å². The van der Waals surface area contributed by atoms with Crippen LogP contribution >= 0.6 is 0 Å².